The van der Waals surface area contributed by atoms with E-state index in [0.29, 0.717) is 0 Å². The highest BCUT2D eigenvalue weighted by molar-refractivity contribution is 6.10. The summed E-state index contributed by atoms with van der Waals surface area (Å²) in [4.78, 5) is 0. The third kappa shape index (κ3) is 2.47. The molecule has 0 aliphatic heterocycles. The SMILES string of the molecule is CCOCCNc1c2ccccc2cc2ccccc12. The van der Waals surface area contributed by atoms with Crippen molar-refractivity contribution in [3.05, 3.63) is 54.6 Å². The Hall–Kier alpha value is -2.06. The molecule has 0 saturated heterocycles. The van der Waals surface area contributed by atoms with Gasteiger partial charge in [0.05, 0.1) is 6.61 Å². The second-order valence-corrected chi connectivity index (χ2v) is 4.82. The molecule has 0 fully saturated rings. The maximum Gasteiger partial charge on any atom is 0.0638 e. The van der Waals surface area contributed by atoms with Crippen LogP contribution in [0.5, 0.6) is 0 Å². The van der Waals surface area contributed by atoms with Gasteiger partial charge in [0.2, 0.25) is 0 Å². The Balaban J connectivity index is 2.08. The summed E-state index contributed by atoms with van der Waals surface area (Å²) < 4.78 is 5.42. The van der Waals surface area contributed by atoms with E-state index in [9.17, 15) is 0 Å². The van der Waals surface area contributed by atoms with Gasteiger partial charge in [0.15, 0.2) is 0 Å². The van der Waals surface area contributed by atoms with Crippen molar-refractivity contribution in [2.24, 2.45) is 0 Å². The number of ether oxygens (including phenoxy) is 1. The van der Waals surface area contributed by atoms with Gasteiger partial charge in [-0.15, -0.1) is 0 Å². The van der Waals surface area contributed by atoms with Crippen molar-refractivity contribution >= 4 is 27.2 Å². The molecule has 3 aromatic carbocycles. The molecule has 0 aliphatic carbocycles. The number of nitrogens with one attached hydrogen (secondary N) is 1. The topological polar surface area (TPSA) is 21.3 Å². The molecule has 2 heteroatoms. The van der Waals surface area contributed by atoms with E-state index in [-0.39, 0.29) is 0 Å². The quantitative estimate of drug-likeness (QED) is 0.544. The Morgan fingerprint density at radius 3 is 2.10 bits per heavy atom. The van der Waals surface area contributed by atoms with Crippen LogP contribution >= 0.6 is 0 Å². The number of hydrogen-bond acceptors (Lipinski definition) is 2. The minimum Gasteiger partial charge on any atom is -0.382 e. The standard InChI is InChI=1S/C18H19NO/c1-2-20-12-11-19-18-16-9-5-3-7-14(16)13-15-8-4-6-10-17(15)18/h3-10,13,19H,2,11-12H2,1H3. The summed E-state index contributed by atoms with van der Waals surface area (Å²) in [6, 6.07) is 19.3. The molecule has 0 radical (unpaired) electrons. The molecule has 1 N–H and O–H groups in total. The van der Waals surface area contributed by atoms with E-state index in [4.69, 9.17) is 4.74 Å². The van der Waals surface area contributed by atoms with Gasteiger partial charge in [0.1, 0.15) is 0 Å². The summed E-state index contributed by atoms with van der Waals surface area (Å²) in [5, 5.41) is 8.61. The lowest BCUT2D eigenvalue weighted by Crippen LogP contribution is -2.09. The van der Waals surface area contributed by atoms with Gasteiger partial charge >= 0.3 is 0 Å². The molecule has 0 saturated carbocycles. The zero-order valence-corrected chi connectivity index (χ0v) is 11.7. The first kappa shape index (κ1) is 12.9. The number of hydrogen-bond donors (Lipinski definition) is 1. The maximum absolute atomic E-state index is 5.42. The van der Waals surface area contributed by atoms with E-state index in [2.05, 4.69) is 59.9 Å². The smallest absolute Gasteiger partial charge is 0.0638 e. The predicted octanol–water partition coefficient (Wildman–Crippen LogP) is 4.44. The highest BCUT2D eigenvalue weighted by Gasteiger charge is 2.06. The molecule has 3 rings (SSSR count). The molecule has 0 bridgehead atoms. The highest BCUT2D eigenvalue weighted by atomic mass is 16.5. The van der Waals surface area contributed by atoms with Gasteiger partial charge in [-0.3, -0.25) is 0 Å². The third-order valence-electron chi connectivity index (χ3n) is 3.52. The van der Waals surface area contributed by atoms with Gasteiger partial charge in [-0.1, -0.05) is 48.5 Å². The first-order chi connectivity index (χ1) is 9.90. The summed E-state index contributed by atoms with van der Waals surface area (Å²) >= 11 is 0. The Kier molecular flexibility index (Phi) is 3.84. The molecule has 2 nitrogen and oxygen atoms in total. The lowest BCUT2D eigenvalue weighted by molar-refractivity contribution is 0.158. The average molecular weight is 265 g/mol. The van der Waals surface area contributed by atoms with Crippen molar-refractivity contribution in [3.8, 4) is 0 Å². The van der Waals surface area contributed by atoms with Gasteiger partial charge in [-0.25, -0.2) is 0 Å². The van der Waals surface area contributed by atoms with E-state index in [1.54, 1.807) is 0 Å². The molecule has 20 heavy (non-hydrogen) atoms. The van der Waals surface area contributed by atoms with Crippen LogP contribution in [0.2, 0.25) is 0 Å². The molecule has 0 heterocycles. The second-order valence-electron chi connectivity index (χ2n) is 4.82. The summed E-state index contributed by atoms with van der Waals surface area (Å²) in [6.07, 6.45) is 0. The summed E-state index contributed by atoms with van der Waals surface area (Å²) in [6.45, 7) is 4.34. The minimum absolute atomic E-state index is 0.730. The van der Waals surface area contributed by atoms with E-state index in [1.807, 2.05) is 6.92 Å². The first-order valence-corrected chi connectivity index (χ1v) is 7.12. The van der Waals surface area contributed by atoms with Crippen LogP contribution in [0.25, 0.3) is 21.5 Å². The van der Waals surface area contributed by atoms with E-state index >= 15 is 0 Å². The average Bonchev–Trinajstić information content (AvgIpc) is 2.50. The normalized spacial score (nSPS) is 11.1. The lowest BCUT2D eigenvalue weighted by Gasteiger charge is -2.13. The lowest BCUT2D eigenvalue weighted by atomic mass is 10.0. The second kappa shape index (κ2) is 5.93. The van der Waals surface area contributed by atoms with Crippen molar-refractivity contribution in [1.29, 1.82) is 0 Å². The largest absolute Gasteiger partial charge is 0.382 e. The zero-order valence-electron chi connectivity index (χ0n) is 11.7. The summed E-state index contributed by atoms with van der Waals surface area (Å²) in [5.41, 5.74) is 1.21. The van der Waals surface area contributed by atoms with Gasteiger partial charge < -0.3 is 10.1 Å². The van der Waals surface area contributed by atoms with Crippen LogP contribution in [0, 0.1) is 0 Å². The van der Waals surface area contributed by atoms with Crippen molar-refractivity contribution in [2.45, 2.75) is 6.92 Å². The molecule has 102 valence electrons. The number of fused-ring (bicyclic) bond motifs is 2. The molecule has 0 aliphatic rings. The highest BCUT2D eigenvalue weighted by Crippen LogP contribution is 2.32. The fourth-order valence-corrected chi connectivity index (χ4v) is 2.60. The molecule has 0 unspecified atom stereocenters. The molecule has 3 aromatic rings. The molecular weight excluding hydrogens is 246 g/mol. The van der Waals surface area contributed by atoms with Gasteiger partial charge in [-0.05, 0) is 23.8 Å². The third-order valence-corrected chi connectivity index (χ3v) is 3.52. The Morgan fingerprint density at radius 1 is 0.900 bits per heavy atom. The number of anilines is 1. The van der Waals surface area contributed by atoms with Crippen LogP contribution in [0.3, 0.4) is 0 Å². The summed E-state index contributed by atoms with van der Waals surface area (Å²) in [7, 11) is 0. The van der Waals surface area contributed by atoms with Crippen LogP contribution in [0.15, 0.2) is 54.6 Å². The van der Waals surface area contributed by atoms with E-state index < -0.39 is 0 Å². The minimum atomic E-state index is 0.730. The predicted molar refractivity (Wildman–Crippen MR) is 86.4 cm³/mol. The van der Waals surface area contributed by atoms with Crippen LogP contribution in [-0.4, -0.2) is 19.8 Å². The van der Waals surface area contributed by atoms with Crippen LogP contribution in [-0.2, 0) is 4.74 Å². The first-order valence-electron chi connectivity index (χ1n) is 7.12. The molecule has 0 amide bonds. The Bertz CT molecular complexity index is 667. The van der Waals surface area contributed by atoms with E-state index in [1.165, 1.54) is 27.2 Å². The van der Waals surface area contributed by atoms with Gasteiger partial charge in [-0.2, -0.15) is 0 Å². The molecular formula is C18H19NO. The Morgan fingerprint density at radius 2 is 1.50 bits per heavy atom. The van der Waals surface area contributed by atoms with Crippen LogP contribution in [0.1, 0.15) is 6.92 Å². The molecule has 0 spiro atoms. The van der Waals surface area contributed by atoms with Crippen LogP contribution < -0.4 is 5.32 Å². The zero-order chi connectivity index (χ0) is 13.8. The summed E-state index contributed by atoms with van der Waals surface area (Å²) in [5.74, 6) is 0. The van der Waals surface area contributed by atoms with Crippen molar-refractivity contribution in [3.63, 3.8) is 0 Å². The molecule has 0 atom stereocenters. The van der Waals surface area contributed by atoms with Gasteiger partial charge in [0, 0.05) is 29.6 Å². The van der Waals surface area contributed by atoms with Crippen molar-refractivity contribution in [1.82, 2.24) is 0 Å². The number of benzene rings is 3. The Labute approximate surface area is 119 Å². The fraction of sp³-hybridized carbons (Fsp3) is 0.222. The monoisotopic (exact) mass is 265 g/mol. The van der Waals surface area contributed by atoms with Crippen LogP contribution in [0.4, 0.5) is 5.69 Å². The van der Waals surface area contributed by atoms with Crippen molar-refractivity contribution < 1.29 is 4.74 Å². The number of rotatable bonds is 5. The maximum atomic E-state index is 5.42. The van der Waals surface area contributed by atoms with Crippen molar-refractivity contribution in [2.75, 3.05) is 25.1 Å². The molecule has 0 aromatic heterocycles. The fourth-order valence-electron chi connectivity index (χ4n) is 2.60. The van der Waals surface area contributed by atoms with E-state index in [0.717, 1.165) is 19.8 Å². The van der Waals surface area contributed by atoms with Gasteiger partial charge in [0.25, 0.3) is 0 Å².